The number of anilines is 1. The Balaban J connectivity index is 2.02. The fraction of sp³-hybridized carbons (Fsp3) is 0.500. The first-order chi connectivity index (χ1) is 8.56. The molecule has 1 atom stereocenters. The van der Waals surface area contributed by atoms with E-state index in [9.17, 15) is 4.79 Å². The largest absolute Gasteiger partial charge is 0.324 e. The molecule has 2 amide bonds. The van der Waals surface area contributed by atoms with E-state index in [0.717, 1.165) is 35.2 Å². The van der Waals surface area contributed by atoms with Gasteiger partial charge in [0, 0.05) is 23.2 Å². The van der Waals surface area contributed by atoms with Crippen LogP contribution >= 0.6 is 15.9 Å². The van der Waals surface area contributed by atoms with Crippen LogP contribution in [0.5, 0.6) is 0 Å². The lowest BCUT2D eigenvalue weighted by Crippen LogP contribution is -2.41. The lowest BCUT2D eigenvalue weighted by Gasteiger charge is -2.31. The lowest BCUT2D eigenvalue weighted by atomic mass is 10.0. The zero-order valence-electron chi connectivity index (χ0n) is 10.9. The van der Waals surface area contributed by atoms with Crippen molar-refractivity contribution in [2.75, 3.05) is 18.4 Å². The molecule has 0 bridgehead atoms. The Morgan fingerprint density at radius 3 is 2.94 bits per heavy atom. The maximum Gasteiger partial charge on any atom is 0.321 e. The molecule has 1 aromatic rings. The number of benzene rings is 1. The molecule has 1 aromatic carbocycles. The second-order valence-corrected chi connectivity index (χ2v) is 6.00. The zero-order valence-corrected chi connectivity index (χ0v) is 12.5. The van der Waals surface area contributed by atoms with Gasteiger partial charge in [-0.1, -0.05) is 22.9 Å². The molecule has 3 nitrogen and oxygen atoms in total. The van der Waals surface area contributed by atoms with Crippen molar-refractivity contribution in [2.24, 2.45) is 5.92 Å². The van der Waals surface area contributed by atoms with Gasteiger partial charge in [-0.25, -0.2) is 4.79 Å². The van der Waals surface area contributed by atoms with Gasteiger partial charge in [-0.05, 0) is 49.4 Å². The van der Waals surface area contributed by atoms with Crippen LogP contribution in [-0.2, 0) is 0 Å². The molecular formula is C14H19BrN2O. The van der Waals surface area contributed by atoms with Crippen molar-refractivity contribution in [1.29, 1.82) is 0 Å². The van der Waals surface area contributed by atoms with Crippen LogP contribution in [0, 0.1) is 12.8 Å². The number of nitrogens with zero attached hydrogens (tertiary/aromatic N) is 1. The Labute approximate surface area is 117 Å². The minimum atomic E-state index is 0.0203. The van der Waals surface area contributed by atoms with Crippen LogP contribution in [0.1, 0.15) is 25.3 Å². The van der Waals surface area contributed by atoms with Gasteiger partial charge >= 0.3 is 6.03 Å². The molecule has 2 rings (SSSR count). The molecule has 1 N–H and O–H groups in total. The van der Waals surface area contributed by atoms with Crippen molar-refractivity contribution in [2.45, 2.75) is 26.7 Å². The quantitative estimate of drug-likeness (QED) is 0.834. The van der Waals surface area contributed by atoms with E-state index >= 15 is 0 Å². The Morgan fingerprint density at radius 2 is 2.28 bits per heavy atom. The molecule has 1 aliphatic heterocycles. The molecule has 1 aliphatic rings. The van der Waals surface area contributed by atoms with Gasteiger partial charge in [0.2, 0.25) is 0 Å². The highest BCUT2D eigenvalue weighted by atomic mass is 79.9. The van der Waals surface area contributed by atoms with Gasteiger partial charge < -0.3 is 10.2 Å². The summed E-state index contributed by atoms with van der Waals surface area (Å²) in [5.74, 6) is 0.607. The average Bonchev–Trinajstić information content (AvgIpc) is 2.32. The molecule has 18 heavy (non-hydrogen) atoms. The standard InChI is InChI=1S/C14H19BrN2O/c1-10-4-3-7-17(9-10)14(18)16-13-6-5-12(15)8-11(13)2/h5-6,8,10H,3-4,7,9H2,1-2H3,(H,16,18). The fourth-order valence-corrected chi connectivity index (χ4v) is 2.81. The molecule has 1 saturated heterocycles. The molecule has 4 heteroatoms. The maximum atomic E-state index is 12.2. The van der Waals surface area contributed by atoms with Gasteiger partial charge in [0.25, 0.3) is 0 Å². The van der Waals surface area contributed by atoms with E-state index in [2.05, 4.69) is 28.2 Å². The third-order valence-corrected chi connectivity index (χ3v) is 3.87. The first kappa shape index (κ1) is 13.4. The van der Waals surface area contributed by atoms with Gasteiger partial charge in [0.1, 0.15) is 0 Å². The second-order valence-electron chi connectivity index (χ2n) is 5.08. The van der Waals surface area contributed by atoms with Crippen LogP contribution < -0.4 is 5.32 Å². The van der Waals surface area contributed by atoms with Crippen LogP contribution in [0.4, 0.5) is 10.5 Å². The number of likely N-dealkylation sites (tertiary alicyclic amines) is 1. The van der Waals surface area contributed by atoms with Crippen molar-refractivity contribution >= 4 is 27.6 Å². The summed E-state index contributed by atoms with van der Waals surface area (Å²) in [4.78, 5) is 14.1. The van der Waals surface area contributed by atoms with E-state index < -0.39 is 0 Å². The SMILES string of the molecule is Cc1cc(Br)ccc1NC(=O)N1CCCC(C)C1. The molecule has 0 spiro atoms. The second kappa shape index (κ2) is 5.74. The summed E-state index contributed by atoms with van der Waals surface area (Å²) in [6.45, 7) is 5.93. The highest BCUT2D eigenvalue weighted by Gasteiger charge is 2.21. The highest BCUT2D eigenvalue weighted by molar-refractivity contribution is 9.10. The van der Waals surface area contributed by atoms with E-state index in [1.807, 2.05) is 30.0 Å². The summed E-state index contributed by atoms with van der Waals surface area (Å²) in [5, 5.41) is 2.99. The minimum absolute atomic E-state index is 0.0203. The molecule has 1 fully saturated rings. The number of aryl methyl sites for hydroxylation is 1. The number of rotatable bonds is 1. The van der Waals surface area contributed by atoms with E-state index in [1.165, 1.54) is 6.42 Å². The topological polar surface area (TPSA) is 32.3 Å². The number of halogens is 1. The van der Waals surface area contributed by atoms with Crippen molar-refractivity contribution in [1.82, 2.24) is 4.90 Å². The summed E-state index contributed by atoms with van der Waals surface area (Å²) < 4.78 is 1.03. The summed E-state index contributed by atoms with van der Waals surface area (Å²) in [6, 6.07) is 5.91. The molecule has 0 radical (unpaired) electrons. The fourth-order valence-electron chi connectivity index (χ4n) is 2.34. The van der Waals surface area contributed by atoms with E-state index in [0.29, 0.717) is 5.92 Å². The number of nitrogens with one attached hydrogen (secondary N) is 1. The minimum Gasteiger partial charge on any atom is -0.324 e. The van der Waals surface area contributed by atoms with Crippen LogP contribution in [0.25, 0.3) is 0 Å². The predicted octanol–water partition coefficient (Wildman–Crippen LogP) is 4.02. The first-order valence-electron chi connectivity index (χ1n) is 6.38. The Morgan fingerprint density at radius 1 is 1.50 bits per heavy atom. The number of hydrogen-bond donors (Lipinski definition) is 1. The molecule has 1 heterocycles. The number of urea groups is 1. The number of carbonyl (C=O) groups excluding carboxylic acids is 1. The van der Waals surface area contributed by atoms with Crippen LogP contribution in [-0.4, -0.2) is 24.0 Å². The smallest absolute Gasteiger partial charge is 0.321 e. The molecular weight excluding hydrogens is 292 g/mol. The van der Waals surface area contributed by atoms with Crippen LogP contribution in [0.3, 0.4) is 0 Å². The van der Waals surface area contributed by atoms with Gasteiger partial charge in [0.05, 0.1) is 0 Å². The number of piperidine rings is 1. The van der Waals surface area contributed by atoms with Gasteiger partial charge in [-0.3, -0.25) is 0 Å². The molecule has 0 aromatic heterocycles. The third kappa shape index (κ3) is 3.25. The highest BCUT2D eigenvalue weighted by Crippen LogP contribution is 2.21. The van der Waals surface area contributed by atoms with Crippen molar-refractivity contribution in [3.63, 3.8) is 0 Å². The summed E-state index contributed by atoms with van der Waals surface area (Å²) in [6.07, 6.45) is 2.33. The number of amides is 2. The van der Waals surface area contributed by atoms with Crippen molar-refractivity contribution in [3.8, 4) is 0 Å². The Kier molecular flexibility index (Phi) is 4.27. The van der Waals surface area contributed by atoms with Crippen LogP contribution in [0.15, 0.2) is 22.7 Å². The zero-order chi connectivity index (χ0) is 13.1. The number of carbonyl (C=O) groups is 1. The van der Waals surface area contributed by atoms with E-state index in [1.54, 1.807) is 0 Å². The van der Waals surface area contributed by atoms with Gasteiger partial charge in [0.15, 0.2) is 0 Å². The maximum absolute atomic E-state index is 12.2. The van der Waals surface area contributed by atoms with Crippen molar-refractivity contribution < 1.29 is 4.79 Å². The third-order valence-electron chi connectivity index (χ3n) is 3.37. The average molecular weight is 311 g/mol. The Hall–Kier alpha value is -1.03. The molecule has 98 valence electrons. The lowest BCUT2D eigenvalue weighted by molar-refractivity contribution is 0.182. The number of hydrogen-bond acceptors (Lipinski definition) is 1. The molecule has 1 unspecified atom stereocenters. The van der Waals surface area contributed by atoms with Crippen molar-refractivity contribution in [3.05, 3.63) is 28.2 Å². The monoisotopic (exact) mass is 310 g/mol. The van der Waals surface area contributed by atoms with Gasteiger partial charge in [-0.2, -0.15) is 0 Å². The molecule has 0 aliphatic carbocycles. The first-order valence-corrected chi connectivity index (χ1v) is 7.17. The summed E-state index contributed by atoms with van der Waals surface area (Å²) in [7, 11) is 0. The predicted molar refractivity (Wildman–Crippen MR) is 77.9 cm³/mol. The summed E-state index contributed by atoms with van der Waals surface area (Å²) in [5.41, 5.74) is 1.96. The molecule has 0 saturated carbocycles. The summed E-state index contributed by atoms with van der Waals surface area (Å²) >= 11 is 3.42. The Bertz CT molecular complexity index is 447. The van der Waals surface area contributed by atoms with Gasteiger partial charge in [-0.15, -0.1) is 0 Å². The normalized spacial score (nSPS) is 19.7. The van der Waals surface area contributed by atoms with Crippen LogP contribution in [0.2, 0.25) is 0 Å². The van der Waals surface area contributed by atoms with E-state index in [4.69, 9.17) is 0 Å². The van der Waals surface area contributed by atoms with E-state index in [-0.39, 0.29) is 6.03 Å².